The number of para-hydroxylation sites is 1. The minimum Gasteiger partial charge on any atom is -0.465 e. The zero-order valence-electron chi connectivity index (χ0n) is 22.8. The van der Waals surface area contributed by atoms with E-state index in [1.807, 2.05) is 24.3 Å². The van der Waals surface area contributed by atoms with Gasteiger partial charge in [-0.05, 0) is 57.2 Å². The normalized spacial score (nSPS) is 16.1. The number of rotatable bonds is 7. The highest BCUT2D eigenvalue weighted by molar-refractivity contribution is 7.17. The lowest BCUT2D eigenvalue weighted by molar-refractivity contribution is -0.123. The number of esters is 2. The molecule has 0 spiro atoms. The number of benzene rings is 1. The Morgan fingerprint density at radius 3 is 2.64 bits per heavy atom. The van der Waals surface area contributed by atoms with Crippen molar-refractivity contribution < 1.29 is 23.9 Å². The molecule has 1 atom stereocenters. The summed E-state index contributed by atoms with van der Waals surface area (Å²) in [6, 6.07) is 7.56. The Hall–Kier alpha value is -3.30. The second-order valence-electron chi connectivity index (χ2n) is 10.3. The molecule has 1 amide bonds. The van der Waals surface area contributed by atoms with Gasteiger partial charge in [0.15, 0.2) is 6.10 Å². The molecule has 3 heterocycles. The first-order valence-corrected chi connectivity index (χ1v) is 14.6. The van der Waals surface area contributed by atoms with E-state index in [9.17, 15) is 14.4 Å². The average Bonchev–Trinajstić information content (AvgIpc) is 3.10. The molecule has 0 saturated heterocycles. The predicted octanol–water partition coefficient (Wildman–Crippen LogP) is 5.30. The van der Waals surface area contributed by atoms with Gasteiger partial charge in [0.2, 0.25) is 0 Å². The molecule has 0 saturated carbocycles. The maximum absolute atomic E-state index is 13.7. The summed E-state index contributed by atoms with van der Waals surface area (Å²) >= 11 is 1.42. The number of hydrogen-bond donors (Lipinski definition) is 1. The minimum atomic E-state index is -1.07. The van der Waals surface area contributed by atoms with E-state index >= 15 is 0 Å². The number of anilines is 1. The van der Waals surface area contributed by atoms with Crippen LogP contribution in [-0.4, -0.2) is 54.0 Å². The summed E-state index contributed by atoms with van der Waals surface area (Å²) in [4.78, 5) is 47.9. The van der Waals surface area contributed by atoms with E-state index in [0.717, 1.165) is 90.6 Å². The van der Waals surface area contributed by atoms with Gasteiger partial charge in [-0.1, -0.05) is 31.5 Å². The number of methoxy groups -OCH3 is 1. The number of nitrogens with zero attached hydrogens (tertiary/aromatic N) is 2. The molecule has 1 aliphatic carbocycles. The molecule has 2 aromatic heterocycles. The van der Waals surface area contributed by atoms with Crippen LogP contribution < -0.4 is 5.32 Å². The number of fused-ring (bicyclic) bond motifs is 3. The fraction of sp³-hybridized carbons (Fsp3) is 0.467. The molecule has 3 aromatic rings. The smallest absolute Gasteiger partial charge is 0.341 e. The molecule has 206 valence electrons. The molecule has 1 N–H and O–H groups in total. The maximum atomic E-state index is 13.7. The third-order valence-corrected chi connectivity index (χ3v) is 8.78. The lowest BCUT2D eigenvalue weighted by atomic mass is 9.95. The van der Waals surface area contributed by atoms with E-state index in [1.54, 1.807) is 6.92 Å². The third kappa shape index (κ3) is 5.56. The third-order valence-electron chi connectivity index (χ3n) is 7.57. The number of ether oxygens (including phenoxy) is 2. The zero-order chi connectivity index (χ0) is 27.5. The first-order valence-electron chi connectivity index (χ1n) is 13.8. The molecule has 0 bridgehead atoms. The van der Waals surface area contributed by atoms with E-state index < -0.39 is 23.9 Å². The molecule has 0 fully saturated rings. The summed E-state index contributed by atoms with van der Waals surface area (Å²) in [5, 5.41) is 4.05. The standard InChI is InChI=1S/C30H35N3O5S/c1-4-15-33-16-14-23-21(17-33)25(19-10-8-9-12-22(19)31-23)30(36)38-18(2)27(34)32-28-26(29(35)37-3)20-11-6-5-7-13-24(20)39-28/h8-10,12,18H,4-7,11,13-17H2,1-3H3,(H,32,34). The number of aryl methyl sites for hydroxylation is 1. The number of nitrogens with one attached hydrogen (secondary N) is 1. The first-order chi connectivity index (χ1) is 18.9. The van der Waals surface area contributed by atoms with E-state index in [-0.39, 0.29) is 0 Å². The molecule has 9 heteroatoms. The Kier molecular flexibility index (Phi) is 8.28. The fourth-order valence-corrected chi connectivity index (χ4v) is 6.90. The summed E-state index contributed by atoms with van der Waals surface area (Å²) in [7, 11) is 1.35. The Balaban J connectivity index is 1.40. The van der Waals surface area contributed by atoms with Crippen molar-refractivity contribution in [2.75, 3.05) is 25.5 Å². The number of carbonyl (C=O) groups is 3. The highest BCUT2D eigenvalue weighted by atomic mass is 32.1. The van der Waals surface area contributed by atoms with Crippen molar-refractivity contribution in [3.63, 3.8) is 0 Å². The highest BCUT2D eigenvalue weighted by Gasteiger charge is 2.31. The lowest BCUT2D eigenvalue weighted by Gasteiger charge is -2.29. The average molecular weight is 550 g/mol. The topological polar surface area (TPSA) is 97.8 Å². The maximum Gasteiger partial charge on any atom is 0.341 e. The second-order valence-corrected chi connectivity index (χ2v) is 11.4. The highest BCUT2D eigenvalue weighted by Crippen LogP contribution is 2.38. The van der Waals surface area contributed by atoms with Gasteiger partial charge in [0.25, 0.3) is 5.91 Å². The molecular weight excluding hydrogens is 514 g/mol. The number of pyridine rings is 1. The van der Waals surface area contributed by atoms with Crippen LogP contribution in [0.25, 0.3) is 10.9 Å². The Bertz CT molecular complexity index is 1420. The minimum absolute atomic E-state index is 0.427. The van der Waals surface area contributed by atoms with E-state index in [1.165, 1.54) is 18.4 Å². The first kappa shape index (κ1) is 27.3. The van der Waals surface area contributed by atoms with Crippen molar-refractivity contribution in [2.45, 2.75) is 71.4 Å². The van der Waals surface area contributed by atoms with Crippen LogP contribution in [0.1, 0.15) is 81.9 Å². The fourth-order valence-electron chi connectivity index (χ4n) is 5.62. The molecule has 5 rings (SSSR count). The predicted molar refractivity (Wildman–Crippen MR) is 151 cm³/mol. The summed E-state index contributed by atoms with van der Waals surface area (Å²) < 4.78 is 10.8. The molecule has 8 nitrogen and oxygen atoms in total. The number of amides is 1. The van der Waals surface area contributed by atoms with Crippen LogP contribution in [0.3, 0.4) is 0 Å². The summed E-state index contributed by atoms with van der Waals surface area (Å²) in [5.74, 6) is -1.48. The number of thiophene rings is 1. The van der Waals surface area contributed by atoms with Crippen LogP contribution in [0.4, 0.5) is 5.00 Å². The Morgan fingerprint density at radius 1 is 1.05 bits per heavy atom. The Labute approximate surface area is 232 Å². The number of hydrogen-bond acceptors (Lipinski definition) is 8. The second kappa shape index (κ2) is 11.8. The monoisotopic (exact) mass is 549 g/mol. The molecule has 1 unspecified atom stereocenters. The Morgan fingerprint density at radius 2 is 1.85 bits per heavy atom. The lowest BCUT2D eigenvalue weighted by Crippen LogP contribution is -2.34. The van der Waals surface area contributed by atoms with Crippen molar-refractivity contribution in [3.05, 3.63) is 57.1 Å². The molecule has 1 aromatic carbocycles. The van der Waals surface area contributed by atoms with Crippen LogP contribution in [0, 0.1) is 0 Å². The molecule has 0 radical (unpaired) electrons. The molecule has 2 aliphatic rings. The molecule has 39 heavy (non-hydrogen) atoms. The molecule has 1 aliphatic heterocycles. The van der Waals surface area contributed by atoms with E-state index in [0.29, 0.717) is 22.7 Å². The van der Waals surface area contributed by atoms with Gasteiger partial charge in [-0.2, -0.15) is 0 Å². The van der Waals surface area contributed by atoms with Gasteiger partial charge in [0, 0.05) is 41.0 Å². The van der Waals surface area contributed by atoms with Gasteiger partial charge in [-0.3, -0.25) is 14.7 Å². The summed E-state index contributed by atoms with van der Waals surface area (Å²) in [6.45, 7) is 6.15. The van der Waals surface area contributed by atoms with Gasteiger partial charge < -0.3 is 14.8 Å². The largest absolute Gasteiger partial charge is 0.465 e. The van der Waals surface area contributed by atoms with Crippen LogP contribution in [0.5, 0.6) is 0 Å². The van der Waals surface area contributed by atoms with Gasteiger partial charge in [0.1, 0.15) is 5.00 Å². The van der Waals surface area contributed by atoms with Crippen molar-refractivity contribution in [3.8, 4) is 0 Å². The SMILES string of the molecule is CCCN1CCc2nc3ccccc3c(C(=O)OC(C)C(=O)Nc3sc4c(c3C(=O)OC)CCCCC4)c2C1. The van der Waals surface area contributed by atoms with Crippen LogP contribution in [0.15, 0.2) is 24.3 Å². The van der Waals surface area contributed by atoms with Gasteiger partial charge >= 0.3 is 11.9 Å². The van der Waals surface area contributed by atoms with E-state index in [4.69, 9.17) is 14.5 Å². The van der Waals surface area contributed by atoms with Crippen molar-refractivity contribution >= 4 is 45.1 Å². The number of carbonyl (C=O) groups excluding carboxylic acids is 3. The van der Waals surface area contributed by atoms with Crippen LogP contribution in [-0.2, 0) is 40.1 Å². The number of aromatic nitrogens is 1. The summed E-state index contributed by atoms with van der Waals surface area (Å²) in [6.07, 6.45) is 5.53. The van der Waals surface area contributed by atoms with Gasteiger partial charge in [-0.25, -0.2) is 9.59 Å². The molecular formula is C30H35N3O5S. The quantitative estimate of drug-likeness (QED) is 0.315. The van der Waals surface area contributed by atoms with Gasteiger partial charge in [-0.15, -0.1) is 11.3 Å². The summed E-state index contributed by atoms with van der Waals surface area (Å²) in [5.41, 5.74) is 4.40. The van der Waals surface area contributed by atoms with E-state index in [2.05, 4.69) is 17.1 Å². The van der Waals surface area contributed by atoms with Crippen molar-refractivity contribution in [1.29, 1.82) is 0 Å². The van der Waals surface area contributed by atoms with Crippen LogP contribution >= 0.6 is 11.3 Å². The zero-order valence-corrected chi connectivity index (χ0v) is 23.6. The van der Waals surface area contributed by atoms with Crippen molar-refractivity contribution in [2.24, 2.45) is 0 Å². The van der Waals surface area contributed by atoms with Crippen molar-refractivity contribution in [1.82, 2.24) is 9.88 Å². The van der Waals surface area contributed by atoms with Crippen LogP contribution in [0.2, 0.25) is 0 Å². The van der Waals surface area contributed by atoms with Gasteiger partial charge in [0.05, 0.1) is 23.8 Å².